The third-order valence-electron chi connectivity index (χ3n) is 9.32. The molecule has 0 aliphatic heterocycles. The molecule has 4 aliphatic carbocycles. The smallest absolute Gasteiger partial charge is 0.309 e. The van der Waals surface area contributed by atoms with Crippen LogP contribution in [0.3, 0.4) is 0 Å². The Morgan fingerprint density at radius 1 is 1.09 bits per heavy atom. The van der Waals surface area contributed by atoms with Crippen LogP contribution in [0.5, 0.6) is 0 Å². The molecule has 35 heavy (non-hydrogen) atoms. The molecule has 0 aromatic heterocycles. The summed E-state index contributed by atoms with van der Waals surface area (Å²) in [4.78, 5) is 62.6. The number of fused-ring (bicyclic) bond motifs is 5. The highest BCUT2D eigenvalue weighted by Gasteiger charge is 2.71. The van der Waals surface area contributed by atoms with Gasteiger partial charge in [-0.2, -0.15) is 0 Å². The van der Waals surface area contributed by atoms with Crippen LogP contribution in [0.2, 0.25) is 0 Å². The molecule has 0 amide bonds. The largest absolute Gasteiger partial charge is 0.469 e. The van der Waals surface area contributed by atoms with E-state index in [1.165, 1.54) is 21.0 Å². The highest BCUT2D eigenvalue weighted by molar-refractivity contribution is 6.01. The molecule has 0 unspecified atom stereocenters. The highest BCUT2D eigenvalue weighted by Crippen LogP contribution is 2.69. The Balaban J connectivity index is 1.81. The lowest BCUT2D eigenvalue weighted by atomic mass is 9.44. The summed E-state index contributed by atoms with van der Waals surface area (Å²) < 4.78 is 16.1. The van der Waals surface area contributed by atoms with Crippen molar-refractivity contribution in [1.82, 2.24) is 0 Å². The zero-order valence-electron chi connectivity index (χ0n) is 21.1. The molecule has 8 heteroatoms. The molecular formula is C27H34O8. The summed E-state index contributed by atoms with van der Waals surface area (Å²) in [7, 11) is 1.35. The fourth-order valence-corrected chi connectivity index (χ4v) is 7.96. The fourth-order valence-electron chi connectivity index (χ4n) is 7.96. The number of carbonyl (C=O) groups is 5. The predicted octanol–water partition coefficient (Wildman–Crippen LogP) is 3.13. The summed E-state index contributed by atoms with van der Waals surface area (Å²) in [6.45, 7) is 6.01. The summed E-state index contributed by atoms with van der Waals surface area (Å²) in [5, 5.41) is 0. The van der Waals surface area contributed by atoms with E-state index in [1.807, 2.05) is 13.0 Å². The van der Waals surface area contributed by atoms with Crippen molar-refractivity contribution in [3.8, 4) is 0 Å². The Morgan fingerprint density at radius 2 is 1.80 bits per heavy atom. The number of Topliss-reactive ketones (excluding diaryl/α,β-unsaturated/α-hetero) is 1. The quantitative estimate of drug-likeness (QED) is 0.430. The number of esters is 3. The summed E-state index contributed by atoms with van der Waals surface area (Å²) in [5.74, 6) is -2.68. The van der Waals surface area contributed by atoms with Gasteiger partial charge in [-0.1, -0.05) is 25.5 Å². The Kier molecular flexibility index (Phi) is 6.31. The van der Waals surface area contributed by atoms with Crippen LogP contribution < -0.4 is 0 Å². The number of rotatable bonds is 5. The van der Waals surface area contributed by atoms with Crippen LogP contribution in [0.25, 0.3) is 0 Å². The highest BCUT2D eigenvalue weighted by atomic mass is 16.6. The van der Waals surface area contributed by atoms with E-state index in [4.69, 9.17) is 14.2 Å². The molecule has 7 atom stereocenters. The van der Waals surface area contributed by atoms with E-state index in [0.717, 1.165) is 18.4 Å². The maximum atomic E-state index is 13.6. The zero-order valence-corrected chi connectivity index (χ0v) is 21.1. The van der Waals surface area contributed by atoms with Crippen molar-refractivity contribution in [1.29, 1.82) is 0 Å². The van der Waals surface area contributed by atoms with Crippen molar-refractivity contribution in [2.24, 2.45) is 34.5 Å². The van der Waals surface area contributed by atoms with Gasteiger partial charge in [-0.15, -0.1) is 0 Å². The monoisotopic (exact) mass is 486 g/mol. The number of ketones is 2. The number of methoxy groups -OCH3 is 1. The number of allylic oxidation sites excluding steroid dienone is 4. The van der Waals surface area contributed by atoms with Crippen molar-refractivity contribution in [2.75, 3.05) is 13.7 Å². The third-order valence-corrected chi connectivity index (χ3v) is 9.32. The number of hydrogen-bond donors (Lipinski definition) is 0. The molecular weight excluding hydrogens is 452 g/mol. The molecule has 4 aliphatic rings. The average molecular weight is 487 g/mol. The molecule has 0 saturated heterocycles. The first-order valence-corrected chi connectivity index (χ1v) is 12.3. The average Bonchev–Trinajstić information content (AvgIpc) is 3.09. The molecule has 0 aromatic carbocycles. The van der Waals surface area contributed by atoms with Gasteiger partial charge in [0.25, 0.3) is 0 Å². The summed E-state index contributed by atoms with van der Waals surface area (Å²) in [5.41, 5.74) is -1.79. The van der Waals surface area contributed by atoms with Gasteiger partial charge >= 0.3 is 17.9 Å². The van der Waals surface area contributed by atoms with Crippen molar-refractivity contribution in [3.63, 3.8) is 0 Å². The lowest BCUT2D eigenvalue weighted by Gasteiger charge is -2.60. The zero-order chi connectivity index (χ0) is 25.8. The van der Waals surface area contributed by atoms with Gasteiger partial charge in [0.05, 0.1) is 13.0 Å². The fraction of sp³-hybridized carbons (Fsp3) is 0.667. The van der Waals surface area contributed by atoms with E-state index in [-0.39, 0.29) is 35.9 Å². The molecule has 0 N–H and O–H groups in total. The van der Waals surface area contributed by atoms with Crippen LogP contribution in [0.15, 0.2) is 23.8 Å². The first kappa shape index (κ1) is 25.3. The summed E-state index contributed by atoms with van der Waals surface area (Å²) >= 11 is 0. The molecule has 190 valence electrons. The molecule has 0 aromatic rings. The molecule has 0 radical (unpaired) electrons. The molecule has 8 nitrogen and oxygen atoms in total. The minimum absolute atomic E-state index is 0.00145. The van der Waals surface area contributed by atoms with E-state index >= 15 is 0 Å². The van der Waals surface area contributed by atoms with E-state index < -0.39 is 46.7 Å². The van der Waals surface area contributed by atoms with E-state index in [9.17, 15) is 24.0 Å². The minimum atomic E-state index is -1.49. The van der Waals surface area contributed by atoms with Gasteiger partial charge in [-0.25, -0.2) is 0 Å². The Labute approximate surface area is 205 Å². The second-order valence-electron chi connectivity index (χ2n) is 10.9. The maximum Gasteiger partial charge on any atom is 0.309 e. The van der Waals surface area contributed by atoms with Crippen LogP contribution >= 0.6 is 0 Å². The summed E-state index contributed by atoms with van der Waals surface area (Å²) in [6, 6.07) is 0. The third kappa shape index (κ3) is 3.76. The van der Waals surface area contributed by atoms with Gasteiger partial charge in [0.2, 0.25) is 5.78 Å². The number of ether oxygens (including phenoxy) is 3. The Hall–Kier alpha value is -2.77. The molecule has 0 bridgehead atoms. The van der Waals surface area contributed by atoms with E-state index in [1.54, 1.807) is 12.2 Å². The van der Waals surface area contributed by atoms with Crippen LogP contribution in [-0.2, 0) is 38.2 Å². The van der Waals surface area contributed by atoms with Crippen LogP contribution in [0, 0.1) is 34.5 Å². The van der Waals surface area contributed by atoms with Crippen molar-refractivity contribution >= 4 is 29.5 Å². The topological polar surface area (TPSA) is 113 Å². The SMILES string of the molecule is COC(=O)[C@@H]1C[C@@]2(C)[C@H](CC[C@]2(OC(C)=O)C(=O)COC(C)=O)[C@@H]2CCC3=CC(=O)C=C[C@]3(C)[C@H]21. The van der Waals surface area contributed by atoms with Crippen LogP contribution in [0.1, 0.15) is 59.8 Å². The number of hydrogen-bond acceptors (Lipinski definition) is 8. The van der Waals surface area contributed by atoms with E-state index in [2.05, 4.69) is 6.92 Å². The van der Waals surface area contributed by atoms with Gasteiger partial charge in [0.1, 0.15) is 0 Å². The second kappa shape index (κ2) is 8.71. The predicted molar refractivity (Wildman–Crippen MR) is 124 cm³/mol. The van der Waals surface area contributed by atoms with E-state index in [0.29, 0.717) is 12.8 Å². The Bertz CT molecular complexity index is 1040. The van der Waals surface area contributed by atoms with Crippen molar-refractivity contribution in [2.45, 2.75) is 65.4 Å². The number of carbonyl (C=O) groups excluding carboxylic acids is 5. The lowest BCUT2D eigenvalue weighted by Crippen LogP contribution is -2.62. The second-order valence-corrected chi connectivity index (χ2v) is 10.9. The molecule has 4 rings (SSSR count). The van der Waals surface area contributed by atoms with Gasteiger partial charge in [0, 0.05) is 24.7 Å². The van der Waals surface area contributed by atoms with Crippen molar-refractivity contribution < 1.29 is 38.2 Å². The first-order chi connectivity index (χ1) is 16.4. The molecule has 0 spiro atoms. The standard InChI is InChI=1S/C27H34O8/c1-15(28)34-14-22(31)27(35-16(2)29)11-9-21-19-7-6-17-12-18(30)8-10-25(17,3)23(19)20(24(32)33-5)13-26(21,27)4/h8,10,12,19-21,23H,6-7,9,11,13-14H2,1-5H3/t19-,20+,21+,23+,25-,26-,27-/m0/s1. The molecule has 0 heterocycles. The van der Waals surface area contributed by atoms with Crippen LogP contribution in [-0.4, -0.2) is 48.8 Å². The molecule has 3 saturated carbocycles. The normalized spacial score (nSPS) is 39.5. The Morgan fingerprint density at radius 3 is 2.43 bits per heavy atom. The van der Waals surface area contributed by atoms with Crippen molar-refractivity contribution in [3.05, 3.63) is 23.8 Å². The summed E-state index contributed by atoms with van der Waals surface area (Å²) in [6.07, 6.45) is 7.91. The van der Waals surface area contributed by atoms with Gasteiger partial charge in [-0.3, -0.25) is 24.0 Å². The van der Waals surface area contributed by atoms with Gasteiger partial charge in [0.15, 0.2) is 18.0 Å². The first-order valence-electron chi connectivity index (χ1n) is 12.3. The lowest BCUT2D eigenvalue weighted by molar-refractivity contribution is -0.197. The van der Waals surface area contributed by atoms with Gasteiger partial charge in [-0.05, 0) is 62.0 Å². The minimum Gasteiger partial charge on any atom is -0.469 e. The maximum absolute atomic E-state index is 13.6. The van der Waals surface area contributed by atoms with Crippen LogP contribution in [0.4, 0.5) is 0 Å². The van der Waals surface area contributed by atoms with Gasteiger partial charge < -0.3 is 14.2 Å². The molecule has 3 fully saturated rings.